The van der Waals surface area contributed by atoms with Gasteiger partial charge in [0.25, 0.3) is 0 Å². The quantitative estimate of drug-likeness (QED) is 0.878. The molecule has 19 heavy (non-hydrogen) atoms. The molecule has 0 aromatic heterocycles. The smallest absolute Gasteiger partial charge is 0.0509 e. The predicted octanol–water partition coefficient (Wildman–Crippen LogP) is 3.25. The third-order valence-corrected chi connectivity index (χ3v) is 4.26. The summed E-state index contributed by atoms with van der Waals surface area (Å²) in [4.78, 5) is 0. The molecule has 1 fully saturated rings. The maximum absolute atomic E-state index is 5.65. The number of ether oxygens (including phenoxy) is 1. The molecule has 0 amide bonds. The van der Waals surface area contributed by atoms with Crippen LogP contribution in [0.25, 0.3) is 0 Å². The molecule has 1 N–H and O–H groups in total. The molecule has 2 nitrogen and oxygen atoms in total. The van der Waals surface area contributed by atoms with Gasteiger partial charge in [-0.2, -0.15) is 0 Å². The van der Waals surface area contributed by atoms with E-state index in [2.05, 4.69) is 44.3 Å². The summed E-state index contributed by atoms with van der Waals surface area (Å²) in [5, 5.41) is 3.65. The summed E-state index contributed by atoms with van der Waals surface area (Å²) in [5.74, 6) is 0.662. The van der Waals surface area contributed by atoms with Gasteiger partial charge in [0, 0.05) is 12.6 Å². The van der Waals surface area contributed by atoms with Gasteiger partial charge in [-0.1, -0.05) is 25.1 Å². The van der Waals surface area contributed by atoms with E-state index in [0.29, 0.717) is 12.0 Å². The molecule has 2 atom stereocenters. The van der Waals surface area contributed by atoms with E-state index in [-0.39, 0.29) is 0 Å². The zero-order valence-electron chi connectivity index (χ0n) is 12.5. The first-order valence-corrected chi connectivity index (χ1v) is 7.58. The first-order valence-electron chi connectivity index (χ1n) is 7.58. The summed E-state index contributed by atoms with van der Waals surface area (Å²) in [6, 6.07) is 7.40. The third-order valence-electron chi connectivity index (χ3n) is 4.26. The molecule has 2 heteroatoms. The van der Waals surface area contributed by atoms with Gasteiger partial charge in [-0.15, -0.1) is 0 Å². The Hall–Kier alpha value is -0.860. The number of benzene rings is 1. The molecule has 0 bridgehead atoms. The van der Waals surface area contributed by atoms with Gasteiger partial charge >= 0.3 is 0 Å². The first-order chi connectivity index (χ1) is 9.20. The summed E-state index contributed by atoms with van der Waals surface area (Å²) in [5.41, 5.74) is 4.22. The monoisotopic (exact) mass is 261 g/mol. The van der Waals surface area contributed by atoms with Gasteiger partial charge in [0.05, 0.1) is 6.61 Å². The average molecular weight is 261 g/mol. The van der Waals surface area contributed by atoms with Gasteiger partial charge in [-0.3, -0.25) is 0 Å². The molecular weight excluding hydrogens is 234 g/mol. The van der Waals surface area contributed by atoms with Crippen LogP contribution in [0.1, 0.15) is 36.5 Å². The summed E-state index contributed by atoms with van der Waals surface area (Å²) < 4.78 is 5.65. The molecule has 2 unspecified atom stereocenters. The second kappa shape index (κ2) is 7.06. The molecular formula is C17H27NO. The van der Waals surface area contributed by atoms with Crippen molar-refractivity contribution in [2.24, 2.45) is 5.92 Å². The molecule has 2 rings (SSSR count). The molecule has 0 saturated carbocycles. The standard InChI is InChI=1S/C17H27NO/c1-4-18-17(16-6-5-9-19-12-16)11-15-8-7-13(2)14(3)10-15/h7-8,10,16-18H,4-6,9,11-12H2,1-3H3. The molecule has 1 aromatic carbocycles. The van der Waals surface area contributed by atoms with Crippen LogP contribution >= 0.6 is 0 Å². The number of hydrogen-bond acceptors (Lipinski definition) is 2. The molecule has 106 valence electrons. The average Bonchev–Trinajstić information content (AvgIpc) is 2.43. The van der Waals surface area contributed by atoms with Crippen LogP contribution in [0.3, 0.4) is 0 Å². The van der Waals surface area contributed by atoms with Crippen molar-refractivity contribution < 1.29 is 4.74 Å². The fourth-order valence-electron chi connectivity index (χ4n) is 2.94. The summed E-state index contributed by atoms with van der Waals surface area (Å²) >= 11 is 0. The summed E-state index contributed by atoms with van der Waals surface area (Å²) in [7, 11) is 0. The molecule has 0 spiro atoms. The minimum Gasteiger partial charge on any atom is -0.381 e. The van der Waals surface area contributed by atoms with Crippen LogP contribution in [0.5, 0.6) is 0 Å². The van der Waals surface area contributed by atoms with Crippen molar-refractivity contribution in [2.75, 3.05) is 19.8 Å². The van der Waals surface area contributed by atoms with Crippen LogP contribution in [-0.2, 0) is 11.2 Å². The highest BCUT2D eigenvalue weighted by atomic mass is 16.5. The van der Waals surface area contributed by atoms with Crippen LogP contribution in [0.2, 0.25) is 0 Å². The molecule has 1 heterocycles. The first kappa shape index (κ1) is 14.5. The van der Waals surface area contributed by atoms with Gasteiger partial charge < -0.3 is 10.1 Å². The van der Waals surface area contributed by atoms with Gasteiger partial charge in [-0.25, -0.2) is 0 Å². The van der Waals surface area contributed by atoms with E-state index >= 15 is 0 Å². The maximum atomic E-state index is 5.65. The molecule has 1 aromatic rings. The van der Waals surface area contributed by atoms with Crippen molar-refractivity contribution in [3.63, 3.8) is 0 Å². The highest BCUT2D eigenvalue weighted by Gasteiger charge is 2.23. The Morgan fingerprint density at radius 1 is 1.32 bits per heavy atom. The van der Waals surface area contributed by atoms with Crippen molar-refractivity contribution in [3.8, 4) is 0 Å². The third kappa shape index (κ3) is 4.05. The van der Waals surface area contributed by atoms with Crippen LogP contribution in [0, 0.1) is 19.8 Å². The zero-order valence-corrected chi connectivity index (χ0v) is 12.5. The topological polar surface area (TPSA) is 21.3 Å². The van der Waals surface area contributed by atoms with E-state index in [4.69, 9.17) is 4.74 Å². The van der Waals surface area contributed by atoms with Crippen LogP contribution < -0.4 is 5.32 Å². The van der Waals surface area contributed by atoms with Crippen molar-refractivity contribution in [1.29, 1.82) is 0 Å². The second-order valence-electron chi connectivity index (χ2n) is 5.76. The minimum absolute atomic E-state index is 0.549. The number of rotatable bonds is 5. The van der Waals surface area contributed by atoms with Crippen molar-refractivity contribution in [2.45, 2.75) is 46.1 Å². The van der Waals surface area contributed by atoms with E-state index in [1.807, 2.05) is 0 Å². The Morgan fingerprint density at radius 2 is 2.16 bits per heavy atom. The lowest BCUT2D eigenvalue weighted by Crippen LogP contribution is -2.41. The molecule has 1 aliphatic heterocycles. The second-order valence-corrected chi connectivity index (χ2v) is 5.76. The Labute approximate surface area is 117 Å². The Bertz CT molecular complexity index is 396. The van der Waals surface area contributed by atoms with E-state index in [9.17, 15) is 0 Å². The fourth-order valence-corrected chi connectivity index (χ4v) is 2.94. The van der Waals surface area contributed by atoms with Gasteiger partial charge in [0.15, 0.2) is 0 Å². The number of nitrogens with one attached hydrogen (secondary N) is 1. The van der Waals surface area contributed by atoms with Crippen molar-refractivity contribution in [1.82, 2.24) is 5.32 Å². The van der Waals surface area contributed by atoms with Gasteiger partial charge in [0.1, 0.15) is 0 Å². The van der Waals surface area contributed by atoms with Gasteiger partial charge in [-0.05, 0) is 62.3 Å². The highest BCUT2D eigenvalue weighted by molar-refractivity contribution is 5.30. The SMILES string of the molecule is CCNC(Cc1ccc(C)c(C)c1)C1CCCOC1. The van der Waals surface area contributed by atoms with E-state index < -0.39 is 0 Å². The number of likely N-dealkylation sites (N-methyl/N-ethyl adjacent to an activating group) is 1. The summed E-state index contributed by atoms with van der Waals surface area (Å²) in [6.45, 7) is 9.46. The largest absolute Gasteiger partial charge is 0.381 e. The van der Waals surface area contributed by atoms with E-state index in [1.54, 1.807) is 0 Å². The predicted molar refractivity (Wildman–Crippen MR) is 80.6 cm³/mol. The van der Waals surface area contributed by atoms with Crippen molar-refractivity contribution >= 4 is 0 Å². The summed E-state index contributed by atoms with van der Waals surface area (Å²) in [6.07, 6.45) is 3.62. The molecule has 1 aliphatic rings. The van der Waals surface area contributed by atoms with E-state index in [0.717, 1.165) is 26.2 Å². The maximum Gasteiger partial charge on any atom is 0.0509 e. The zero-order chi connectivity index (χ0) is 13.7. The molecule has 0 radical (unpaired) electrons. The van der Waals surface area contributed by atoms with Crippen LogP contribution in [-0.4, -0.2) is 25.8 Å². The van der Waals surface area contributed by atoms with Crippen LogP contribution in [0.15, 0.2) is 18.2 Å². The highest BCUT2D eigenvalue weighted by Crippen LogP contribution is 2.21. The van der Waals surface area contributed by atoms with Crippen LogP contribution in [0.4, 0.5) is 0 Å². The Kier molecular flexibility index (Phi) is 5.41. The van der Waals surface area contributed by atoms with E-state index in [1.165, 1.54) is 29.5 Å². The molecule has 0 aliphatic carbocycles. The lowest BCUT2D eigenvalue weighted by molar-refractivity contribution is 0.0396. The normalized spacial score (nSPS) is 21.3. The Morgan fingerprint density at radius 3 is 2.79 bits per heavy atom. The number of aryl methyl sites for hydroxylation is 2. The lowest BCUT2D eigenvalue weighted by atomic mass is 9.88. The van der Waals surface area contributed by atoms with Crippen molar-refractivity contribution in [3.05, 3.63) is 34.9 Å². The minimum atomic E-state index is 0.549. The molecule has 1 saturated heterocycles. The Balaban J connectivity index is 2.04. The fraction of sp³-hybridized carbons (Fsp3) is 0.647. The van der Waals surface area contributed by atoms with Gasteiger partial charge in [0.2, 0.25) is 0 Å². The lowest BCUT2D eigenvalue weighted by Gasteiger charge is -2.31. The number of hydrogen-bond donors (Lipinski definition) is 1.